The number of rotatable bonds is 27. The minimum Gasteiger partial charge on any atom is -0.510 e. The molecule has 0 amide bonds. The molecule has 0 aliphatic rings. The first-order valence-corrected chi connectivity index (χ1v) is 30.2. The van der Waals surface area contributed by atoms with E-state index < -0.39 is 42.3 Å². The maximum absolute atomic E-state index is 10.8. The molecule has 0 bridgehead atoms. The average Bonchev–Trinajstić information content (AvgIpc) is 0.923. The van der Waals surface area contributed by atoms with Crippen LogP contribution >= 0.6 is 0 Å². The molecule has 0 fully saturated rings. The molecule has 0 aromatic heterocycles. The summed E-state index contributed by atoms with van der Waals surface area (Å²) in [5.74, 6) is -3.08. The van der Waals surface area contributed by atoms with Crippen LogP contribution in [0.3, 0.4) is 0 Å². The first-order valence-electron chi connectivity index (χ1n) is 30.2. The number of methoxy groups -OCH3 is 3. The van der Waals surface area contributed by atoms with Gasteiger partial charge in [0.05, 0.1) is 0 Å². The van der Waals surface area contributed by atoms with Gasteiger partial charge < -0.3 is 109 Å². The molecule has 7 unspecified atom stereocenters. The van der Waals surface area contributed by atoms with Gasteiger partial charge in [-0.15, -0.1) is 0 Å². The van der Waals surface area contributed by atoms with Crippen LogP contribution in [0.25, 0.3) is 0 Å². The van der Waals surface area contributed by atoms with Gasteiger partial charge in [0.15, 0.2) is 18.3 Å². The van der Waals surface area contributed by atoms with E-state index in [9.17, 15) is 34.8 Å². The minimum absolute atomic E-state index is 0. The van der Waals surface area contributed by atoms with E-state index in [1.807, 2.05) is 85.8 Å². The van der Waals surface area contributed by atoms with Crippen LogP contribution in [0.2, 0.25) is 0 Å². The van der Waals surface area contributed by atoms with Gasteiger partial charge in [-0.05, 0) is 145 Å². The molecular weight excluding hydrogens is 1260 g/mol. The number of ether oxygens (including phenoxy) is 6. The van der Waals surface area contributed by atoms with Gasteiger partial charge in [-0.2, -0.15) is 0 Å². The fraction of sp³-hybridized carbons (Fsp3) is 0.284. The smallest absolute Gasteiger partial charge is 0.337 e. The summed E-state index contributed by atoms with van der Waals surface area (Å²) in [5, 5.41) is 72.3. The van der Waals surface area contributed by atoms with Crippen molar-refractivity contribution in [3.8, 4) is 0 Å². The van der Waals surface area contributed by atoms with Crippen LogP contribution in [0.4, 0.5) is 39.8 Å². The number of benzene rings is 7. The van der Waals surface area contributed by atoms with Crippen molar-refractivity contribution in [1.82, 2.24) is 0 Å². The Morgan fingerprint density at radius 2 is 0.653 bits per heavy atom. The predicted molar refractivity (Wildman–Crippen MR) is 389 cm³/mol. The van der Waals surface area contributed by atoms with E-state index in [2.05, 4.69) is 26.3 Å². The summed E-state index contributed by atoms with van der Waals surface area (Å²) in [4.78, 5) is 32.3. The number of nitrogens with two attached hydrogens (primary N) is 7. The number of hydrogen-bond acceptors (Lipinski definition) is 21. The highest BCUT2D eigenvalue weighted by Crippen LogP contribution is 2.23. The van der Waals surface area contributed by atoms with Crippen LogP contribution in [0, 0.1) is 0 Å². The molecule has 7 rings (SSSR count). The number of hydrogen-bond donors (Lipinski definition) is 15. The normalized spacial score (nSPS) is 12.2. The summed E-state index contributed by atoms with van der Waals surface area (Å²) < 4.78 is 30.5. The van der Waals surface area contributed by atoms with Gasteiger partial charge in [0, 0.05) is 107 Å². The Kier molecular flexibility index (Phi) is 43.0. The molecule has 22 N–H and O–H groups in total. The van der Waals surface area contributed by atoms with Crippen LogP contribution in [-0.4, -0.2) is 124 Å². The number of aliphatic carboxylic acids is 3. The SMILES string of the molecule is C.C=C(O)C(Cc1ccc(N)cc1)OC.C=C(O)C(Cc1cccc(N)c1)OC.C=C(O)C(Cc1cccc(N)c1)OCC.C=C(O)C(O)Cc1cccc(N)c1.CCOC(C(=O)O)c1ccc(N)cc1.CCOC(C(=O)O)c1cccc(N)c1.COC(C(=O)O)c1ccc(N)cc1. The van der Waals surface area contributed by atoms with Crippen molar-refractivity contribution >= 4 is 57.7 Å². The molecule has 7 aromatic carbocycles. The molecule has 7 atom stereocenters. The Balaban J connectivity index is 0.00000112. The number of aliphatic hydroxyl groups excluding tert-OH is 5. The number of carboxylic acid groups (broad SMARTS) is 3. The van der Waals surface area contributed by atoms with Crippen molar-refractivity contribution in [2.24, 2.45) is 0 Å². The summed E-state index contributed by atoms with van der Waals surface area (Å²) in [6.45, 7) is 20.3. The van der Waals surface area contributed by atoms with Crippen molar-refractivity contribution in [2.45, 2.75) is 96.6 Å². The second-order valence-electron chi connectivity index (χ2n) is 21.0. The molecule has 0 aliphatic heterocycles. The second kappa shape index (κ2) is 48.2. The summed E-state index contributed by atoms with van der Waals surface area (Å²) in [6.07, 6.45) is -2.61. The molecule has 24 nitrogen and oxygen atoms in total. The highest BCUT2D eigenvalue weighted by molar-refractivity contribution is 5.76. The number of anilines is 7. The lowest BCUT2D eigenvalue weighted by Gasteiger charge is -2.15. The van der Waals surface area contributed by atoms with Crippen molar-refractivity contribution in [3.63, 3.8) is 0 Å². The van der Waals surface area contributed by atoms with Crippen LogP contribution in [0.15, 0.2) is 219 Å². The monoisotopic (exact) mass is 1360 g/mol. The van der Waals surface area contributed by atoms with Crippen LogP contribution in [0.1, 0.15) is 85.5 Å². The average molecular weight is 1360 g/mol. The van der Waals surface area contributed by atoms with Crippen LogP contribution < -0.4 is 40.1 Å². The molecule has 0 saturated heterocycles. The fourth-order valence-electron chi connectivity index (χ4n) is 8.34. The zero-order valence-electron chi connectivity index (χ0n) is 55.8. The van der Waals surface area contributed by atoms with Gasteiger partial charge in [-0.25, -0.2) is 14.4 Å². The molecule has 534 valence electrons. The van der Waals surface area contributed by atoms with Gasteiger partial charge in [0.1, 0.15) is 47.5 Å². The largest absolute Gasteiger partial charge is 0.510 e. The van der Waals surface area contributed by atoms with E-state index in [-0.39, 0.29) is 48.8 Å². The molecule has 0 spiro atoms. The van der Waals surface area contributed by atoms with E-state index >= 15 is 0 Å². The summed E-state index contributed by atoms with van der Waals surface area (Å²) in [7, 11) is 4.44. The van der Waals surface area contributed by atoms with Gasteiger partial charge in [-0.1, -0.05) is 119 Å². The van der Waals surface area contributed by atoms with E-state index in [1.165, 1.54) is 7.11 Å². The Bertz CT molecular complexity index is 3480. The first-order chi connectivity index (χ1) is 45.9. The van der Waals surface area contributed by atoms with Gasteiger partial charge in [0.25, 0.3) is 0 Å². The van der Waals surface area contributed by atoms with E-state index in [4.69, 9.17) is 89.0 Å². The number of nitrogen functional groups attached to an aromatic ring is 7. The summed E-state index contributed by atoms with van der Waals surface area (Å²) in [5.41, 5.74) is 49.2. The van der Waals surface area contributed by atoms with Crippen molar-refractivity contribution in [1.29, 1.82) is 0 Å². The molecule has 7 aromatic rings. The number of carbonyl (C=O) groups is 3. The molecule has 98 heavy (non-hydrogen) atoms. The summed E-state index contributed by atoms with van der Waals surface area (Å²) >= 11 is 0. The van der Waals surface area contributed by atoms with Crippen LogP contribution in [0.5, 0.6) is 0 Å². The molecule has 0 aliphatic carbocycles. The molecular formula is C74H101N7O17. The quantitative estimate of drug-likeness (QED) is 0.0168. The van der Waals surface area contributed by atoms with Gasteiger partial charge in [0.2, 0.25) is 0 Å². The maximum atomic E-state index is 10.8. The Morgan fingerprint density at radius 3 is 0.959 bits per heavy atom. The molecule has 24 heteroatoms. The van der Waals surface area contributed by atoms with Crippen molar-refractivity contribution in [2.75, 3.05) is 81.3 Å². The van der Waals surface area contributed by atoms with E-state index in [0.29, 0.717) is 96.3 Å². The lowest BCUT2D eigenvalue weighted by atomic mass is 10.1. The zero-order chi connectivity index (χ0) is 73.2. The third-order valence-corrected chi connectivity index (χ3v) is 13.2. The predicted octanol–water partition coefficient (Wildman–Crippen LogP) is 11.9. The maximum Gasteiger partial charge on any atom is 0.337 e. The fourth-order valence-corrected chi connectivity index (χ4v) is 8.34. The molecule has 0 saturated carbocycles. The zero-order valence-corrected chi connectivity index (χ0v) is 55.8. The topological polar surface area (TPSA) is 451 Å². The minimum atomic E-state index is -1.01. The second-order valence-corrected chi connectivity index (χ2v) is 21.0. The van der Waals surface area contributed by atoms with Crippen molar-refractivity contribution < 1.29 is 83.7 Å². The molecule has 0 heterocycles. The first kappa shape index (κ1) is 87.4. The Hall–Kier alpha value is -10.6. The highest BCUT2D eigenvalue weighted by Gasteiger charge is 2.22. The summed E-state index contributed by atoms with van der Waals surface area (Å²) in [6, 6.07) is 49.5. The van der Waals surface area contributed by atoms with E-state index in [0.717, 1.165) is 27.9 Å². The van der Waals surface area contributed by atoms with Crippen LogP contribution in [-0.2, 0) is 68.5 Å². The van der Waals surface area contributed by atoms with Gasteiger partial charge >= 0.3 is 17.9 Å². The third-order valence-electron chi connectivity index (χ3n) is 13.2. The standard InChI is InChI=1S/C12H17NO2.2C11H15NO2.2C10H13NO3.C10H13NO2.C9H11NO3.CH4/c1-3-15-12(9(2)14)8-10-5-4-6-11(13)7-10;1-8(13)11(14-2)7-9-3-5-10(12)6-4-9;1-8(13)11(14-2)7-9-4-3-5-10(12)6-9;1-2-14-9(10(12)13)7-3-5-8(11)6-4-7;1-2-14-9(10(12)13)7-4-3-5-8(11)6-7;1-7(12)10(13)6-8-3-2-4-9(11)5-8;1-13-8(9(11)12)6-2-4-7(10)5-3-6;/h4-7,12,14H,2-3,8,13H2,1H3;2*3-6,11,13H,1,7,12H2,2H3;2*3-6,9H,2,11H2,1H3,(H,12,13);2-5,10,12-13H,1,6,11H2;2-5,8H,10H2,1H3,(H,11,12);1H4. The Labute approximate surface area is 575 Å². The van der Waals surface area contributed by atoms with Crippen molar-refractivity contribution in [3.05, 3.63) is 258 Å². The number of carboxylic acids is 3. The van der Waals surface area contributed by atoms with E-state index in [1.54, 1.807) is 119 Å². The number of aliphatic hydroxyl groups is 5. The van der Waals surface area contributed by atoms with Gasteiger partial charge in [-0.3, -0.25) is 0 Å². The lowest BCUT2D eigenvalue weighted by molar-refractivity contribution is -0.151. The lowest BCUT2D eigenvalue weighted by Crippen LogP contribution is -2.18. The highest BCUT2D eigenvalue weighted by atomic mass is 16.5. The Morgan fingerprint density at radius 1 is 0.347 bits per heavy atom. The third kappa shape index (κ3) is 35.8. The molecule has 0 radical (unpaired) electrons.